The summed E-state index contributed by atoms with van der Waals surface area (Å²) in [6.45, 7) is 0. The summed E-state index contributed by atoms with van der Waals surface area (Å²) in [4.78, 5) is 55.3. The van der Waals surface area contributed by atoms with Crippen LogP contribution in [0.15, 0.2) is 82.6 Å². The zero-order chi connectivity index (χ0) is 29.4. The second-order valence-electron chi connectivity index (χ2n) is 9.82. The number of aliphatic carboxylic acids is 2. The molecule has 12 heteroatoms. The Labute approximate surface area is 257 Å². The van der Waals surface area contributed by atoms with Crippen molar-refractivity contribution in [2.75, 3.05) is 23.3 Å². The van der Waals surface area contributed by atoms with Gasteiger partial charge in [0.15, 0.2) is 0 Å². The molecule has 214 valence electrons. The molecule has 2 aliphatic heterocycles. The summed E-state index contributed by atoms with van der Waals surface area (Å²) in [5, 5.41) is 23.0. The molecule has 0 aromatic heterocycles. The van der Waals surface area contributed by atoms with Crippen molar-refractivity contribution in [2.24, 2.45) is 0 Å². The van der Waals surface area contributed by atoms with E-state index in [1.807, 2.05) is 60.7 Å². The van der Waals surface area contributed by atoms with E-state index in [1.54, 1.807) is 12.1 Å². The van der Waals surface area contributed by atoms with Crippen LogP contribution in [0.1, 0.15) is 20.7 Å². The Kier molecular flexibility index (Phi) is 8.30. The van der Waals surface area contributed by atoms with E-state index in [4.69, 9.17) is 0 Å². The Morgan fingerprint density at radius 1 is 0.619 bits per heavy atom. The number of benzene rings is 4. The normalized spacial score (nSPS) is 18.6. The molecular formula is C30H24N2O6S4. The minimum atomic E-state index is -1.03. The maximum atomic E-state index is 13.8. The summed E-state index contributed by atoms with van der Waals surface area (Å²) < 4.78 is 0. The van der Waals surface area contributed by atoms with Crippen molar-refractivity contribution in [1.82, 2.24) is 9.80 Å². The Balaban J connectivity index is 1.39. The lowest BCUT2D eigenvalue weighted by atomic mass is 10.1. The molecule has 2 saturated heterocycles. The molecule has 6 rings (SSSR count). The SMILES string of the molecule is O=C(O)C1CSCN1C(=O)c1cc2ccccc2cc1SSc1cc2ccccc2cc1C(=O)N1CSCC1C(=O)O. The van der Waals surface area contributed by atoms with E-state index in [2.05, 4.69) is 0 Å². The van der Waals surface area contributed by atoms with Gasteiger partial charge in [0, 0.05) is 21.3 Å². The fraction of sp³-hybridized carbons (Fsp3) is 0.200. The molecule has 2 heterocycles. The molecular weight excluding hydrogens is 613 g/mol. The fourth-order valence-electron chi connectivity index (χ4n) is 5.00. The third-order valence-corrected chi connectivity index (χ3v) is 11.7. The van der Waals surface area contributed by atoms with Gasteiger partial charge < -0.3 is 20.0 Å². The van der Waals surface area contributed by atoms with E-state index in [1.165, 1.54) is 54.9 Å². The molecule has 2 fully saturated rings. The summed E-state index contributed by atoms with van der Waals surface area (Å²) in [6.07, 6.45) is 0. The van der Waals surface area contributed by atoms with Crippen LogP contribution in [-0.4, -0.2) is 79.1 Å². The smallest absolute Gasteiger partial charge is 0.327 e. The number of nitrogens with zero attached hydrogens (tertiary/aromatic N) is 2. The maximum absolute atomic E-state index is 13.8. The van der Waals surface area contributed by atoms with Gasteiger partial charge in [-0.05, 0) is 45.8 Å². The number of fused-ring (bicyclic) bond motifs is 2. The van der Waals surface area contributed by atoms with Crippen molar-refractivity contribution in [3.63, 3.8) is 0 Å². The first-order chi connectivity index (χ1) is 20.3. The molecule has 2 amide bonds. The highest BCUT2D eigenvalue weighted by atomic mass is 33.1. The van der Waals surface area contributed by atoms with E-state index in [0.717, 1.165) is 21.5 Å². The average molecular weight is 637 g/mol. The third kappa shape index (κ3) is 5.56. The van der Waals surface area contributed by atoms with Crippen molar-refractivity contribution in [2.45, 2.75) is 21.9 Å². The summed E-state index contributed by atoms with van der Waals surface area (Å²) in [6, 6.07) is 21.0. The molecule has 8 nitrogen and oxygen atoms in total. The number of amides is 2. The van der Waals surface area contributed by atoms with E-state index >= 15 is 0 Å². The van der Waals surface area contributed by atoms with Gasteiger partial charge in [-0.2, -0.15) is 0 Å². The minimum absolute atomic E-state index is 0.293. The van der Waals surface area contributed by atoms with Crippen molar-refractivity contribution in [1.29, 1.82) is 0 Å². The number of hydrogen-bond acceptors (Lipinski definition) is 8. The zero-order valence-electron chi connectivity index (χ0n) is 22.0. The predicted octanol–water partition coefficient (Wildman–Crippen LogP) is 5.99. The molecule has 0 aliphatic carbocycles. The lowest BCUT2D eigenvalue weighted by Gasteiger charge is -2.23. The maximum Gasteiger partial charge on any atom is 0.327 e. The fourth-order valence-corrected chi connectivity index (χ4v) is 9.66. The molecule has 4 aromatic rings. The van der Waals surface area contributed by atoms with Gasteiger partial charge in [0.1, 0.15) is 12.1 Å². The molecule has 4 aromatic carbocycles. The van der Waals surface area contributed by atoms with Crippen LogP contribution < -0.4 is 0 Å². The summed E-state index contributed by atoms with van der Waals surface area (Å²) in [7, 11) is 2.65. The zero-order valence-corrected chi connectivity index (χ0v) is 25.2. The van der Waals surface area contributed by atoms with E-state index in [0.29, 0.717) is 44.2 Å². The Bertz CT molecular complexity index is 1620. The number of carbonyl (C=O) groups excluding carboxylic acids is 2. The van der Waals surface area contributed by atoms with Gasteiger partial charge in [0.2, 0.25) is 0 Å². The third-order valence-electron chi connectivity index (χ3n) is 7.23. The Morgan fingerprint density at radius 3 is 1.33 bits per heavy atom. The summed E-state index contributed by atoms with van der Waals surface area (Å²) >= 11 is 2.82. The molecule has 2 N–H and O–H groups in total. The first kappa shape index (κ1) is 28.8. The van der Waals surface area contributed by atoms with Gasteiger partial charge in [-0.15, -0.1) is 23.5 Å². The van der Waals surface area contributed by atoms with Gasteiger partial charge in [-0.1, -0.05) is 70.1 Å². The lowest BCUT2D eigenvalue weighted by Crippen LogP contribution is -2.42. The second-order valence-corrected chi connectivity index (χ2v) is 14.0. The molecule has 0 radical (unpaired) electrons. The molecule has 0 saturated carbocycles. The molecule has 0 spiro atoms. The molecule has 2 unspecified atom stereocenters. The van der Waals surface area contributed by atoms with E-state index in [-0.39, 0.29) is 11.8 Å². The van der Waals surface area contributed by atoms with Crippen molar-refractivity contribution in [3.8, 4) is 0 Å². The van der Waals surface area contributed by atoms with Gasteiger partial charge in [0.05, 0.1) is 22.9 Å². The van der Waals surface area contributed by atoms with Crippen LogP contribution >= 0.6 is 45.1 Å². The van der Waals surface area contributed by atoms with Crippen molar-refractivity contribution >= 4 is 90.4 Å². The van der Waals surface area contributed by atoms with Crippen LogP contribution in [0.3, 0.4) is 0 Å². The largest absolute Gasteiger partial charge is 0.480 e. The Morgan fingerprint density at radius 2 is 0.976 bits per heavy atom. The van der Waals surface area contributed by atoms with Crippen LogP contribution in [0.5, 0.6) is 0 Å². The quantitative estimate of drug-likeness (QED) is 0.234. The number of hydrogen-bond donors (Lipinski definition) is 2. The van der Waals surface area contributed by atoms with Gasteiger partial charge in [-0.3, -0.25) is 9.59 Å². The first-order valence-corrected chi connectivity index (χ1v) is 17.4. The summed E-state index contributed by atoms with van der Waals surface area (Å²) in [5.74, 6) is -1.51. The average Bonchev–Trinajstić information content (AvgIpc) is 3.69. The predicted molar refractivity (Wildman–Crippen MR) is 169 cm³/mol. The topological polar surface area (TPSA) is 115 Å². The highest BCUT2D eigenvalue weighted by Gasteiger charge is 2.37. The number of carboxylic acid groups (broad SMARTS) is 2. The second kappa shape index (κ2) is 12.1. The van der Waals surface area contributed by atoms with E-state index in [9.17, 15) is 29.4 Å². The number of rotatable bonds is 7. The van der Waals surface area contributed by atoms with Gasteiger partial charge >= 0.3 is 11.9 Å². The molecule has 0 bridgehead atoms. The highest BCUT2D eigenvalue weighted by Crippen LogP contribution is 2.44. The van der Waals surface area contributed by atoms with E-state index < -0.39 is 24.0 Å². The number of thioether (sulfide) groups is 2. The standard InChI is InChI=1S/C30H24N2O6S4/c33-27(31-15-39-13-23(31)29(35)36)21-9-17-5-1-3-7-19(17)11-25(21)41-42-26-12-20-8-4-2-6-18(20)10-22(26)28(34)32-16-40-14-24(32)30(37)38/h1-12,23-24H,13-16H2,(H,35,36)(H,37,38). The van der Waals surface area contributed by atoms with Gasteiger partial charge in [0.25, 0.3) is 11.8 Å². The van der Waals surface area contributed by atoms with Crippen LogP contribution in [0.4, 0.5) is 0 Å². The highest BCUT2D eigenvalue weighted by molar-refractivity contribution is 8.76. The molecule has 2 aliphatic rings. The Hall–Kier alpha value is -3.32. The van der Waals surface area contributed by atoms with Crippen molar-refractivity contribution in [3.05, 3.63) is 83.9 Å². The van der Waals surface area contributed by atoms with Gasteiger partial charge in [-0.25, -0.2) is 9.59 Å². The lowest BCUT2D eigenvalue weighted by molar-refractivity contribution is -0.141. The van der Waals surface area contributed by atoms with Crippen LogP contribution in [0.2, 0.25) is 0 Å². The molecule has 2 atom stereocenters. The van der Waals surface area contributed by atoms with Crippen LogP contribution in [0, 0.1) is 0 Å². The van der Waals surface area contributed by atoms with Crippen LogP contribution in [-0.2, 0) is 9.59 Å². The number of carbonyl (C=O) groups is 4. The van der Waals surface area contributed by atoms with Crippen LogP contribution in [0.25, 0.3) is 21.5 Å². The minimum Gasteiger partial charge on any atom is -0.480 e. The number of carboxylic acids is 2. The van der Waals surface area contributed by atoms with Crippen molar-refractivity contribution < 1.29 is 29.4 Å². The summed E-state index contributed by atoms with van der Waals surface area (Å²) in [5.41, 5.74) is 0.797. The molecule has 42 heavy (non-hydrogen) atoms. The monoisotopic (exact) mass is 636 g/mol. The first-order valence-electron chi connectivity index (χ1n) is 12.9.